The SMILES string of the molecule is NC1CC(N2Cc3nn4nccnc4c3C2)CCC1c1cc(F)c(F)cc1F. The second-order valence-corrected chi connectivity index (χ2v) is 7.61. The molecule has 28 heavy (non-hydrogen) atoms. The highest BCUT2D eigenvalue weighted by Gasteiger charge is 2.37. The number of benzene rings is 1. The Kier molecular flexibility index (Phi) is 4.09. The van der Waals surface area contributed by atoms with Crippen LogP contribution in [0.1, 0.15) is 42.0 Å². The van der Waals surface area contributed by atoms with Gasteiger partial charge in [-0.25, -0.2) is 18.2 Å². The van der Waals surface area contributed by atoms with Crippen molar-refractivity contribution in [3.63, 3.8) is 0 Å². The van der Waals surface area contributed by atoms with Crippen molar-refractivity contribution in [3.8, 4) is 0 Å². The van der Waals surface area contributed by atoms with Crippen molar-refractivity contribution in [2.45, 2.75) is 50.4 Å². The van der Waals surface area contributed by atoms with Gasteiger partial charge in [-0.2, -0.15) is 10.2 Å². The molecule has 2 aliphatic rings. The highest BCUT2D eigenvalue weighted by molar-refractivity contribution is 5.50. The number of hydrogen-bond donors (Lipinski definition) is 1. The van der Waals surface area contributed by atoms with E-state index in [0.29, 0.717) is 25.5 Å². The molecule has 9 heteroatoms. The lowest BCUT2D eigenvalue weighted by Gasteiger charge is -2.38. The fourth-order valence-electron chi connectivity index (χ4n) is 4.60. The molecule has 0 saturated heterocycles. The molecule has 0 spiro atoms. The van der Waals surface area contributed by atoms with Crippen molar-refractivity contribution in [2.24, 2.45) is 5.73 Å². The summed E-state index contributed by atoms with van der Waals surface area (Å²) < 4.78 is 42.6. The lowest BCUT2D eigenvalue weighted by molar-refractivity contribution is 0.136. The van der Waals surface area contributed by atoms with Crippen molar-refractivity contribution in [1.29, 1.82) is 0 Å². The van der Waals surface area contributed by atoms with Gasteiger partial charge in [-0.05, 0) is 30.9 Å². The van der Waals surface area contributed by atoms with E-state index in [1.165, 1.54) is 0 Å². The molecule has 5 rings (SSSR count). The average molecular weight is 388 g/mol. The number of hydrogen-bond acceptors (Lipinski definition) is 5. The minimum absolute atomic E-state index is 0.169. The van der Waals surface area contributed by atoms with Crippen molar-refractivity contribution in [1.82, 2.24) is 24.7 Å². The third-order valence-electron chi connectivity index (χ3n) is 6.00. The minimum atomic E-state index is -1.17. The summed E-state index contributed by atoms with van der Waals surface area (Å²) in [6, 6.07) is 1.46. The second-order valence-electron chi connectivity index (χ2n) is 7.61. The molecule has 1 fully saturated rings. The molecule has 3 unspecified atom stereocenters. The maximum atomic E-state index is 14.2. The number of fused-ring (bicyclic) bond motifs is 3. The Hall–Kier alpha value is -2.52. The molecule has 1 aromatic carbocycles. The topological polar surface area (TPSA) is 72.3 Å². The largest absolute Gasteiger partial charge is 0.327 e. The first-order valence-electron chi connectivity index (χ1n) is 9.33. The highest BCUT2D eigenvalue weighted by Crippen LogP contribution is 2.38. The molecule has 1 aliphatic carbocycles. The smallest absolute Gasteiger partial charge is 0.180 e. The summed E-state index contributed by atoms with van der Waals surface area (Å²) >= 11 is 0. The number of nitrogens with two attached hydrogens (primary N) is 1. The Morgan fingerprint density at radius 1 is 1.00 bits per heavy atom. The molecule has 146 valence electrons. The molecule has 0 bridgehead atoms. The van der Waals surface area contributed by atoms with Gasteiger partial charge in [0.25, 0.3) is 0 Å². The van der Waals surface area contributed by atoms with E-state index in [-0.39, 0.29) is 23.6 Å². The van der Waals surface area contributed by atoms with Crippen molar-refractivity contribution < 1.29 is 13.2 Å². The zero-order valence-corrected chi connectivity index (χ0v) is 15.0. The van der Waals surface area contributed by atoms with Gasteiger partial charge in [-0.1, -0.05) is 0 Å². The third-order valence-corrected chi connectivity index (χ3v) is 6.00. The number of aromatic nitrogens is 4. The summed E-state index contributed by atoms with van der Waals surface area (Å²) in [6.07, 6.45) is 5.33. The van der Waals surface area contributed by atoms with Gasteiger partial charge in [0.1, 0.15) is 5.82 Å². The standard InChI is InChI=1S/C19H19F3N6/c20-14-7-16(22)15(21)6-12(14)11-2-1-10(5-17(11)23)27-8-13-18(9-27)26-28-19(13)24-3-4-25-28/h3-4,6-7,10-11,17H,1-2,5,8-9,23H2. The molecule has 6 nitrogen and oxygen atoms in total. The molecule has 2 N–H and O–H groups in total. The minimum Gasteiger partial charge on any atom is -0.327 e. The third kappa shape index (κ3) is 2.77. The van der Waals surface area contributed by atoms with E-state index in [4.69, 9.17) is 5.73 Å². The lowest BCUT2D eigenvalue weighted by atomic mass is 9.77. The molecule has 3 heterocycles. The fraction of sp³-hybridized carbons (Fsp3) is 0.421. The zero-order chi connectivity index (χ0) is 19.4. The van der Waals surface area contributed by atoms with Gasteiger partial charge in [0, 0.05) is 48.9 Å². The van der Waals surface area contributed by atoms with Crippen LogP contribution in [0.25, 0.3) is 5.65 Å². The number of halogens is 3. The van der Waals surface area contributed by atoms with Crippen LogP contribution in [0.5, 0.6) is 0 Å². The van der Waals surface area contributed by atoms with Crippen LogP contribution in [0, 0.1) is 17.5 Å². The molecule has 1 aliphatic heterocycles. The van der Waals surface area contributed by atoms with Crippen molar-refractivity contribution in [2.75, 3.05) is 0 Å². The molecule has 0 radical (unpaired) electrons. The van der Waals surface area contributed by atoms with Crippen LogP contribution in [0.15, 0.2) is 24.5 Å². The van der Waals surface area contributed by atoms with E-state index in [2.05, 4.69) is 20.1 Å². The monoisotopic (exact) mass is 388 g/mol. The van der Waals surface area contributed by atoms with Crippen LogP contribution in [0.3, 0.4) is 0 Å². The Labute approximate surface area is 159 Å². The van der Waals surface area contributed by atoms with Gasteiger partial charge in [-0.15, -0.1) is 4.63 Å². The second kappa shape index (κ2) is 6.52. The first kappa shape index (κ1) is 17.6. The Morgan fingerprint density at radius 3 is 2.64 bits per heavy atom. The molecule has 0 amide bonds. The van der Waals surface area contributed by atoms with Crippen LogP contribution in [0.2, 0.25) is 0 Å². The van der Waals surface area contributed by atoms with E-state index in [9.17, 15) is 13.2 Å². The van der Waals surface area contributed by atoms with E-state index >= 15 is 0 Å². The van der Waals surface area contributed by atoms with Crippen LogP contribution in [0.4, 0.5) is 13.2 Å². The van der Waals surface area contributed by atoms with Crippen LogP contribution < -0.4 is 5.73 Å². The summed E-state index contributed by atoms with van der Waals surface area (Å²) in [6.45, 7) is 1.42. The predicted molar refractivity (Wildman–Crippen MR) is 94.7 cm³/mol. The summed E-state index contributed by atoms with van der Waals surface area (Å²) in [5.74, 6) is -3.26. The van der Waals surface area contributed by atoms with Crippen molar-refractivity contribution >= 4 is 5.65 Å². The van der Waals surface area contributed by atoms with E-state index in [1.807, 2.05) is 0 Å². The van der Waals surface area contributed by atoms with Crippen molar-refractivity contribution in [3.05, 3.63) is 58.8 Å². The van der Waals surface area contributed by atoms with Gasteiger partial charge < -0.3 is 5.73 Å². The molecular weight excluding hydrogens is 369 g/mol. The van der Waals surface area contributed by atoms with Gasteiger partial charge in [0.15, 0.2) is 17.3 Å². The van der Waals surface area contributed by atoms with Gasteiger partial charge in [0.2, 0.25) is 0 Å². The molecule has 1 saturated carbocycles. The summed E-state index contributed by atoms with van der Waals surface area (Å²) in [5.41, 5.74) is 9.33. The van der Waals surface area contributed by atoms with Crippen LogP contribution in [-0.2, 0) is 13.1 Å². The van der Waals surface area contributed by atoms with E-state index in [1.54, 1.807) is 17.0 Å². The molecule has 2 aromatic heterocycles. The predicted octanol–water partition coefficient (Wildman–Crippen LogP) is 2.52. The van der Waals surface area contributed by atoms with Crippen LogP contribution >= 0.6 is 0 Å². The van der Waals surface area contributed by atoms with Gasteiger partial charge in [-0.3, -0.25) is 4.90 Å². The molecule has 3 aromatic rings. The fourth-order valence-corrected chi connectivity index (χ4v) is 4.60. The normalized spacial score (nSPS) is 25.4. The number of nitrogens with zero attached hydrogens (tertiary/aromatic N) is 5. The molecular formula is C19H19F3N6. The summed E-state index contributed by atoms with van der Waals surface area (Å²) in [4.78, 5) is 6.67. The lowest BCUT2D eigenvalue weighted by Crippen LogP contribution is -2.44. The highest BCUT2D eigenvalue weighted by atomic mass is 19.2. The quantitative estimate of drug-likeness (QED) is 0.683. The Morgan fingerprint density at radius 2 is 1.82 bits per heavy atom. The van der Waals surface area contributed by atoms with E-state index < -0.39 is 17.5 Å². The van der Waals surface area contributed by atoms with E-state index in [0.717, 1.165) is 35.9 Å². The van der Waals surface area contributed by atoms with Crippen LogP contribution in [-0.4, -0.2) is 36.8 Å². The Balaban J connectivity index is 1.32. The first-order valence-corrected chi connectivity index (χ1v) is 9.33. The zero-order valence-electron chi connectivity index (χ0n) is 15.0. The maximum Gasteiger partial charge on any atom is 0.180 e. The van der Waals surface area contributed by atoms with Gasteiger partial charge >= 0.3 is 0 Å². The maximum absolute atomic E-state index is 14.2. The summed E-state index contributed by atoms with van der Waals surface area (Å²) in [5, 5.41) is 8.66. The number of rotatable bonds is 2. The molecule has 3 atom stereocenters. The first-order chi connectivity index (χ1) is 13.5. The summed E-state index contributed by atoms with van der Waals surface area (Å²) in [7, 11) is 0. The Bertz CT molecular complexity index is 1050. The van der Waals surface area contributed by atoms with Gasteiger partial charge in [0.05, 0.1) is 11.9 Å². The average Bonchev–Trinajstić information content (AvgIpc) is 3.23.